The Labute approximate surface area is 195 Å². The maximum absolute atomic E-state index is 12.7. The van der Waals surface area contributed by atoms with Gasteiger partial charge in [0.05, 0.1) is 11.3 Å². The van der Waals surface area contributed by atoms with Gasteiger partial charge >= 0.3 is 5.97 Å². The number of nitrogens with one attached hydrogen (secondary N) is 1. The highest BCUT2D eigenvalue weighted by molar-refractivity contribution is 7.89. The molecule has 3 rings (SSSR count). The second kappa shape index (κ2) is 11.9. The summed E-state index contributed by atoms with van der Waals surface area (Å²) in [5, 5.41) is 10.9. The Morgan fingerprint density at radius 1 is 0.909 bits per heavy atom. The quantitative estimate of drug-likeness (QED) is 0.355. The van der Waals surface area contributed by atoms with Crippen molar-refractivity contribution < 1.29 is 18.3 Å². The molecule has 176 valence electrons. The lowest BCUT2D eigenvalue weighted by Gasteiger charge is -2.22. The van der Waals surface area contributed by atoms with Crippen molar-refractivity contribution in [3.8, 4) is 0 Å². The summed E-state index contributed by atoms with van der Waals surface area (Å²) < 4.78 is 28.1. The number of rotatable bonds is 13. The van der Waals surface area contributed by atoms with Crippen molar-refractivity contribution in [1.29, 1.82) is 0 Å². The number of carbonyl (C=O) groups is 1. The molecule has 4 N–H and O–H groups in total. The van der Waals surface area contributed by atoms with Gasteiger partial charge < -0.3 is 15.7 Å². The number of hydrogen-bond donors (Lipinski definition) is 3. The number of carboxylic acids is 1. The zero-order valence-electron chi connectivity index (χ0n) is 18.6. The molecule has 0 atom stereocenters. The van der Waals surface area contributed by atoms with Crippen molar-refractivity contribution >= 4 is 26.8 Å². The van der Waals surface area contributed by atoms with Gasteiger partial charge in [0.25, 0.3) is 0 Å². The topological polar surface area (TPSA) is 113 Å². The van der Waals surface area contributed by atoms with Gasteiger partial charge in [0, 0.05) is 26.2 Å². The summed E-state index contributed by atoms with van der Waals surface area (Å²) in [5.74, 6) is -0.867. The molecule has 0 radical (unpaired) electrons. The van der Waals surface area contributed by atoms with Crippen molar-refractivity contribution in [2.45, 2.75) is 30.7 Å². The molecule has 0 heterocycles. The van der Waals surface area contributed by atoms with Crippen LogP contribution in [-0.2, 0) is 27.8 Å². The van der Waals surface area contributed by atoms with E-state index >= 15 is 0 Å². The van der Waals surface area contributed by atoms with E-state index in [1.807, 2.05) is 41.3 Å². The number of nitrogens with zero attached hydrogens (tertiary/aromatic N) is 1. The van der Waals surface area contributed by atoms with E-state index in [1.54, 1.807) is 18.2 Å². The number of hydrogen-bond acceptors (Lipinski definition) is 5. The average Bonchev–Trinajstić information content (AvgIpc) is 2.82. The van der Waals surface area contributed by atoms with Gasteiger partial charge in [0.15, 0.2) is 0 Å². The SMILES string of the molecule is NCc1ccc(CCCN(CCNS(=O)(=O)c2ccc3ccccc3c2)CCC(=O)O)cc1. The van der Waals surface area contributed by atoms with Crippen LogP contribution in [-0.4, -0.2) is 50.6 Å². The van der Waals surface area contributed by atoms with E-state index in [0.29, 0.717) is 26.2 Å². The molecule has 0 aromatic heterocycles. The molecule has 0 saturated heterocycles. The summed E-state index contributed by atoms with van der Waals surface area (Å²) in [7, 11) is -3.65. The lowest BCUT2D eigenvalue weighted by Crippen LogP contribution is -2.36. The van der Waals surface area contributed by atoms with Crippen LogP contribution in [0.25, 0.3) is 10.8 Å². The summed E-state index contributed by atoms with van der Waals surface area (Å²) >= 11 is 0. The van der Waals surface area contributed by atoms with Crippen LogP contribution in [0.15, 0.2) is 71.6 Å². The van der Waals surface area contributed by atoms with E-state index in [9.17, 15) is 13.2 Å². The first-order chi connectivity index (χ1) is 15.9. The predicted molar refractivity (Wildman–Crippen MR) is 130 cm³/mol. The number of sulfonamides is 1. The molecule has 0 saturated carbocycles. The minimum atomic E-state index is -3.65. The van der Waals surface area contributed by atoms with Crippen molar-refractivity contribution in [3.05, 3.63) is 77.9 Å². The summed E-state index contributed by atoms with van der Waals surface area (Å²) in [6, 6.07) is 20.8. The van der Waals surface area contributed by atoms with Gasteiger partial charge in [-0.05, 0) is 53.4 Å². The number of fused-ring (bicyclic) bond motifs is 1. The molecule has 7 nitrogen and oxygen atoms in total. The van der Waals surface area contributed by atoms with Crippen LogP contribution in [0.3, 0.4) is 0 Å². The van der Waals surface area contributed by atoms with Gasteiger partial charge in [-0.1, -0.05) is 54.6 Å². The lowest BCUT2D eigenvalue weighted by molar-refractivity contribution is -0.137. The van der Waals surface area contributed by atoms with Crippen LogP contribution < -0.4 is 10.5 Å². The summed E-state index contributed by atoms with van der Waals surface area (Å²) in [6.45, 7) is 2.22. The molecule has 8 heteroatoms. The summed E-state index contributed by atoms with van der Waals surface area (Å²) in [4.78, 5) is 13.2. The van der Waals surface area contributed by atoms with Crippen LogP contribution >= 0.6 is 0 Å². The Morgan fingerprint density at radius 3 is 2.30 bits per heavy atom. The van der Waals surface area contributed by atoms with Crippen molar-refractivity contribution in [2.75, 3.05) is 26.2 Å². The summed E-state index contributed by atoms with van der Waals surface area (Å²) in [6.07, 6.45) is 1.72. The van der Waals surface area contributed by atoms with Gasteiger partial charge in [-0.25, -0.2) is 13.1 Å². The van der Waals surface area contributed by atoms with Crippen LogP contribution in [0.1, 0.15) is 24.0 Å². The van der Waals surface area contributed by atoms with Gasteiger partial charge in [-0.2, -0.15) is 0 Å². The first kappa shape index (κ1) is 24.9. The Hall–Kier alpha value is -2.78. The third kappa shape index (κ3) is 7.64. The highest BCUT2D eigenvalue weighted by Crippen LogP contribution is 2.18. The first-order valence-corrected chi connectivity index (χ1v) is 12.6. The molecule has 3 aromatic rings. The van der Waals surface area contributed by atoms with Crippen molar-refractivity contribution in [1.82, 2.24) is 9.62 Å². The fraction of sp³-hybridized carbons (Fsp3) is 0.320. The Balaban J connectivity index is 1.54. The van der Waals surface area contributed by atoms with Crippen LogP contribution in [0.4, 0.5) is 0 Å². The normalized spacial score (nSPS) is 11.8. The number of nitrogens with two attached hydrogens (primary N) is 1. The van der Waals surface area contributed by atoms with Crippen molar-refractivity contribution in [3.63, 3.8) is 0 Å². The van der Waals surface area contributed by atoms with Gasteiger partial charge in [0.1, 0.15) is 0 Å². The van der Waals surface area contributed by atoms with Gasteiger partial charge in [-0.15, -0.1) is 0 Å². The molecule has 0 bridgehead atoms. The molecular formula is C25H31N3O4S. The molecule has 33 heavy (non-hydrogen) atoms. The number of aryl methyl sites for hydroxylation is 1. The minimum Gasteiger partial charge on any atom is -0.481 e. The van der Waals surface area contributed by atoms with E-state index in [4.69, 9.17) is 10.8 Å². The smallest absolute Gasteiger partial charge is 0.304 e. The molecule has 0 fully saturated rings. The van der Waals surface area contributed by atoms with E-state index in [2.05, 4.69) is 16.9 Å². The molecule has 0 aliphatic heterocycles. The van der Waals surface area contributed by atoms with Crippen LogP contribution in [0.5, 0.6) is 0 Å². The zero-order chi connectivity index (χ0) is 23.7. The molecule has 0 aliphatic rings. The highest BCUT2D eigenvalue weighted by atomic mass is 32.2. The predicted octanol–water partition coefficient (Wildman–Crippen LogP) is 2.99. The fourth-order valence-electron chi connectivity index (χ4n) is 3.69. The molecule has 0 spiro atoms. The van der Waals surface area contributed by atoms with E-state index in [-0.39, 0.29) is 17.9 Å². The van der Waals surface area contributed by atoms with Crippen molar-refractivity contribution in [2.24, 2.45) is 5.73 Å². The number of carboxylic acid groups (broad SMARTS) is 1. The first-order valence-electron chi connectivity index (χ1n) is 11.1. The molecule has 0 aliphatic carbocycles. The third-order valence-corrected chi connectivity index (χ3v) is 7.05. The fourth-order valence-corrected chi connectivity index (χ4v) is 4.75. The Morgan fingerprint density at radius 2 is 1.61 bits per heavy atom. The van der Waals surface area contributed by atoms with Gasteiger partial charge in [-0.3, -0.25) is 4.79 Å². The maximum Gasteiger partial charge on any atom is 0.304 e. The Bertz CT molecular complexity index is 1160. The maximum atomic E-state index is 12.7. The van der Waals surface area contributed by atoms with E-state index in [1.165, 1.54) is 5.56 Å². The second-order valence-electron chi connectivity index (χ2n) is 8.02. The van der Waals surface area contributed by atoms with Gasteiger partial charge in [0.2, 0.25) is 10.0 Å². The van der Waals surface area contributed by atoms with E-state index in [0.717, 1.165) is 29.2 Å². The Kier molecular flexibility index (Phi) is 8.96. The molecular weight excluding hydrogens is 438 g/mol. The second-order valence-corrected chi connectivity index (χ2v) is 9.78. The highest BCUT2D eigenvalue weighted by Gasteiger charge is 2.15. The third-order valence-electron chi connectivity index (χ3n) is 5.59. The monoisotopic (exact) mass is 469 g/mol. The molecule has 3 aromatic carbocycles. The van der Waals surface area contributed by atoms with E-state index < -0.39 is 16.0 Å². The lowest BCUT2D eigenvalue weighted by atomic mass is 10.1. The zero-order valence-corrected chi connectivity index (χ0v) is 19.4. The number of benzene rings is 3. The minimum absolute atomic E-state index is 0.0165. The summed E-state index contributed by atoms with van der Waals surface area (Å²) in [5.41, 5.74) is 7.91. The van der Waals surface area contributed by atoms with Crippen LogP contribution in [0, 0.1) is 0 Å². The van der Waals surface area contributed by atoms with Crippen LogP contribution in [0.2, 0.25) is 0 Å². The largest absolute Gasteiger partial charge is 0.481 e. The molecule has 0 unspecified atom stereocenters. The average molecular weight is 470 g/mol. The standard InChI is InChI=1S/C25H31N3O4S/c26-19-21-9-7-20(8-10-21)4-3-15-28(16-13-25(29)30)17-14-27-33(31,32)24-12-11-22-5-1-2-6-23(22)18-24/h1-2,5-12,18,27H,3-4,13-17,19,26H2,(H,29,30). The number of aliphatic carboxylic acids is 1. The molecule has 0 amide bonds.